The van der Waals surface area contributed by atoms with E-state index in [0.29, 0.717) is 11.4 Å². The third kappa shape index (κ3) is 4.77. The molecule has 5 nitrogen and oxygen atoms in total. The van der Waals surface area contributed by atoms with Crippen LogP contribution in [0.3, 0.4) is 0 Å². The van der Waals surface area contributed by atoms with Crippen LogP contribution in [0.25, 0.3) is 38.5 Å². The number of hydrogen-bond donors (Lipinski definition) is 0. The molecule has 0 unspecified atom stereocenters. The Morgan fingerprint density at radius 1 is 0.707 bits per heavy atom. The number of rotatable bonds is 7. The van der Waals surface area contributed by atoms with Crippen LogP contribution >= 0.6 is 11.8 Å². The minimum absolute atomic E-state index is 0.189. The Hall–Kier alpha value is -4.81. The summed E-state index contributed by atoms with van der Waals surface area (Å²) < 4.78 is 8.21. The van der Waals surface area contributed by atoms with Gasteiger partial charge in [0.1, 0.15) is 12.4 Å². The zero-order valence-corrected chi connectivity index (χ0v) is 23.0. The standard InChI is InChI=1S/C35H26N2O3S/c38-34-33(41-35(39)37(34)19-20-40-32-18-8-12-25-10-2-4-16-30(25)32)21-27-23-36(31-17-6-5-15-29(27)31)22-26-13-7-11-24-9-1-3-14-28(24)26/h1-18,21,23H,19-20,22H2/b33-21-. The van der Waals surface area contributed by atoms with Gasteiger partial charge in [0.25, 0.3) is 11.1 Å². The number of hydrogen-bond acceptors (Lipinski definition) is 4. The Balaban J connectivity index is 1.12. The van der Waals surface area contributed by atoms with Crippen molar-refractivity contribution >= 4 is 61.4 Å². The molecule has 200 valence electrons. The fourth-order valence-electron chi connectivity index (χ4n) is 5.54. The molecule has 1 aliphatic rings. The molecule has 1 fully saturated rings. The van der Waals surface area contributed by atoms with Gasteiger partial charge in [-0.25, -0.2) is 0 Å². The van der Waals surface area contributed by atoms with Crippen molar-refractivity contribution in [2.24, 2.45) is 0 Å². The van der Waals surface area contributed by atoms with Gasteiger partial charge in [-0.1, -0.05) is 97.1 Å². The highest BCUT2D eigenvalue weighted by Gasteiger charge is 2.35. The summed E-state index contributed by atoms with van der Waals surface area (Å²) >= 11 is 0.983. The van der Waals surface area contributed by atoms with E-state index in [-0.39, 0.29) is 24.3 Å². The summed E-state index contributed by atoms with van der Waals surface area (Å²) in [6, 6.07) is 36.8. The largest absolute Gasteiger partial charge is 0.491 e. The van der Waals surface area contributed by atoms with Crippen molar-refractivity contribution in [2.45, 2.75) is 6.54 Å². The predicted octanol–water partition coefficient (Wildman–Crippen LogP) is 8.11. The van der Waals surface area contributed by atoms with E-state index < -0.39 is 0 Å². The third-order valence-electron chi connectivity index (χ3n) is 7.52. The Bertz CT molecular complexity index is 1980. The molecular weight excluding hydrogens is 528 g/mol. The molecular formula is C35H26N2O3S. The van der Waals surface area contributed by atoms with Crippen molar-refractivity contribution < 1.29 is 14.3 Å². The van der Waals surface area contributed by atoms with Crippen LogP contribution in [0.1, 0.15) is 11.1 Å². The summed E-state index contributed by atoms with van der Waals surface area (Å²) in [5, 5.41) is 5.28. The van der Waals surface area contributed by atoms with Gasteiger partial charge in [-0.2, -0.15) is 0 Å². The normalized spacial score (nSPS) is 14.6. The van der Waals surface area contributed by atoms with E-state index in [2.05, 4.69) is 65.4 Å². The minimum atomic E-state index is -0.285. The first-order chi connectivity index (χ1) is 20.2. The maximum Gasteiger partial charge on any atom is 0.293 e. The number of aromatic nitrogens is 1. The van der Waals surface area contributed by atoms with Gasteiger partial charge in [-0.05, 0) is 51.7 Å². The van der Waals surface area contributed by atoms with Crippen molar-refractivity contribution in [3.8, 4) is 5.75 Å². The van der Waals surface area contributed by atoms with Crippen LogP contribution in [0.2, 0.25) is 0 Å². The molecule has 5 aromatic carbocycles. The van der Waals surface area contributed by atoms with E-state index in [1.807, 2.05) is 60.7 Å². The Labute approximate surface area is 241 Å². The molecule has 0 bridgehead atoms. The number of ether oxygens (including phenoxy) is 1. The first-order valence-electron chi connectivity index (χ1n) is 13.6. The van der Waals surface area contributed by atoms with Gasteiger partial charge in [-0.3, -0.25) is 14.5 Å². The molecule has 0 aliphatic carbocycles. The molecule has 1 aromatic heterocycles. The summed E-state index contributed by atoms with van der Waals surface area (Å²) in [6.07, 6.45) is 3.92. The number of imide groups is 1. The van der Waals surface area contributed by atoms with E-state index in [1.54, 1.807) is 0 Å². The van der Waals surface area contributed by atoms with E-state index in [9.17, 15) is 9.59 Å². The van der Waals surface area contributed by atoms with Crippen molar-refractivity contribution in [3.05, 3.63) is 131 Å². The second-order valence-corrected chi connectivity index (χ2v) is 11.0. The van der Waals surface area contributed by atoms with Crippen LogP contribution in [-0.2, 0) is 11.3 Å². The number of thioether (sulfide) groups is 1. The van der Waals surface area contributed by atoms with Crippen LogP contribution in [0.15, 0.2) is 120 Å². The zero-order chi connectivity index (χ0) is 27.8. The molecule has 2 amide bonds. The topological polar surface area (TPSA) is 51.5 Å². The zero-order valence-electron chi connectivity index (χ0n) is 22.2. The molecule has 0 saturated carbocycles. The fourth-order valence-corrected chi connectivity index (χ4v) is 6.39. The summed E-state index contributed by atoms with van der Waals surface area (Å²) in [5.74, 6) is 0.456. The highest BCUT2D eigenvalue weighted by Crippen LogP contribution is 2.35. The van der Waals surface area contributed by atoms with E-state index in [4.69, 9.17) is 4.74 Å². The summed E-state index contributed by atoms with van der Waals surface area (Å²) in [6.45, 7) is 1.11. The monoisotopic (exact) mass is 554 g/mol. The molecule has 6 aromatic rings. The van der Waals surface area contributed by atoms with Gasteiger partial charge in [-0.15, -0.1) is 0 Å². The van der Waals surface area contributed by atoms with Crippen LogP contribution in [-0.4, -0.2) is 33.8 Å². The summed E-state index contributed by atoms with van der Waals surface area (Å²) in [5.41, 5.74) is 3.22. The lowest BCUT2D eigenvalue weighted by molar-refractivity contribution is -0.123. The molecule has 41 heavy (non-hydrogen) atoms. The van der Waals surface area contributed by atoms with E-state index in [1.165, 1.54) is 21.2 Å². The van der Waals surface area contributed by atoms with Crippen LogP contribution < -0.4 is 4.74 Å². The van der Waals surface area contributed by atoms with Crippen molar-refractivity contribution in [1.29, 1.82) is 0 Å². The SMILES string of the molecule is O=C1S/C(=C\c2cn(Cc3cccc4ccccc34)c3ccccc23)C(=O)N1CCOc1cccc2ccccc12. The number of amides is 2. The van der Waals surface area contributed by atoms with Gasteiger partial charge in [0.15, 0.2) is 0 Å². The average Bonchev–Trinajstić information content (AvgIpc) is 3.48. The number of carbonyl (C=O) groups is 2. The van der Waals surface area contributed by atoms with Crippen LogP contribution in [0, 0.1) is 0 Å². The minimum Gasteiger partial charge on any atom is -0.491 e. The van der Waals surface area contributed by atoms with Crippen LogP contribution in [0.5, 0.6) is 5.75 Å². The lowest BCUT2D eigenvalue weighted by Crippen LogP contribution is -2.32. The summed E-state index contributed by atoms with van der Waals surface area (Å²) in [4.78, 5) is 27.8. The Kier molecular flexibility index (Phi) is 6.53. The molecule has 1 saturated heterocycles. The molecule has 0 radical (unpaired) electrons. The van der Waals surface area contributed by atoms with E-state index >= 15 is 0 Å². The summed E-state index contributed by atoms with van der Waals surface area (Å²) in [7, 11) is 0. The Morgan fingerprint density at radius 3 is 2.20 bits per heavy atom. The lowest BCUT2D eigenvalue weighted by atomic mass is 10.0. The number of fused-ring (bicyclic) bond motifs is 3. The highest BCUT2D eigenvalue weighted by molar-refractivity contribution is 8.18. The molecule has 2 heterocycles. The molecule has 0 atom stereocenters. The molecule has 7 rings (SSSR count). The third-order valence-corrected chi connectivity index (χ3v) is 8.43. The lowest BCUT2D eigenvalue weighted by Gasteiger charge is -2.14. The number of nitrogens with zero attached hydrogens (tertiary/aromatic N) is 2. The Morgan fingerprint density at radius 2 is 1.37 bits per heavy atom. The molecule has 1 aliphatic heterocycles. The van der Waals surface area contributed by atoms with Gasteiger partial charge >= 0.3 is 0 Å². The van der Waals surface area contributed by atoms with Crippen LogP contribution in [0.4, 0.5) is 4.79 Å². The van der Waals surface area contributed by atoms with Gasteiger partial charge < -0.3 is 9.30 Å². The fraction of sp³-hybridized carbons (Fsp3) is 0.0857. The first kappa shape index (κ1) is 25.2. The number of benzene rings is 5. The number of para-hydroxylation sites is 1. The molecule has 0 spiro atoms. The average molecular weight is 555 g/mol. The molecule has 0 N–H and O–H groups in total. The second kappa shape index (κ2) is 10.6. The van der Waals surface area contributed by atoms with Crippen molar-refractivity contribution in [1.82, 2.24) is 9.47 Å². The first-order valence-corrected chi connectivity index (χ1v) is 14.4. The number of carbonyl (C=O) groups excluding carboxylic acids is 2. The molecule has 6 heteroatoms. The quantitative estimate of drug-likeness (QED) is 0.187. The second-order valence-electron chi connectivity index (χ2n) is 10.0. The van der Waals surface area contributed by atoms with Gasteiger partial charge in [0, 0.05) is 34.6 Å². The van der Waals surface area contributed by atoms with Crippen molar-refractivity contribution in [2.75, 3.05) is 13.2 Å². The maximum atomic E-state index is 13.3. The smallest absolute Gasteiger partial charge is 0.293 e. The van der Waals surface area contributed by atoms with Gasteiger partial charge in [0.2, 0.25) is 0 Å². The predicted molar refractivity (Wildman–Crippen MR) is 167 cm³/mol. The highest BCUT2D eigenvalue weighted by atomic mass is 32.2. The van der Waals surface area contributed by atoms with Crippen molar-refractivity contribution in [3.63, 3.8) is 0 Å². The maximum absolute atomic E-state index is 13.3. The van der Waals surface area contributed by atoms with E-state index in [0.717, 1.165) is 44.8 Å². The van der Waals surface area contributed by atoms with Gasteiger partial charge in [0.05, 0.1) is 11.4 Å².